The van der Waals surface area contributed by atoms with Crippen LogP contribution < -0.4 is 0 Å². The number of aromatic nitrogens is 2. The number of para-hydroxylation sites is 1. The van der Waals surface area contributed by atoms with E-state index in [0.29, 0.717) is 22.0 Å². The summed E-state index contributed by atoms with van der Waals surface area (Å²) in [5, 5.41) is 1.05. The highest BCUT2D eigenvalue weighted by Crippen LogP contribution is 2.35. The second kappa shape index (κ2) is 5.16. The van der Waals surface area contributed by atoms with Crippen molar-refractivity contribution < 1.29 is 10.2 Å². The zero-order valence-electron chi connectivity index (χ0n) is 13.8. The maximum absolute atomic E-state index is 14.2. The van der Waals surface area contributed by atoms with Crippen molar-refractivity contribution >= 4 is 22.1 Å². The zero-order chi connectivity index (χ0) is 16.9. The minimum Gasteiger partial charge on any atom is -0.437 e. The highest BCUT2D eigenvalue weighted by molar-refractivity contribution is 6.08. The van der Waals surface area contributed by atoms with Gasteiger partial charge >= 0.3 is 0 Å². The molecule has 3 heterocycles. The largest absolute Gasteiger partial charge is 0.437 e. The lowest BCUT2D eigenvalue weighted by atomic mass is 10.0. The topological polar surface area (TPSA) is 38.9 Å². The van der Waals surface area contributed by atoms with Crippen LogP contribution in [0.3, 0.4) is 0 Å². The molecule has 0 bridgehead atoms. The molecule has 0 aliphatic carbocycles. The van der Waals surface area contributed by atoms with Gasteiger partial charge in [0.05, 0.1) is 11.1 Å². The van der Waals surface area contributed by atoms with Crippen molar-refractivity contribution in [2.45, 2.75) is 19.7 Å². The first-order valence-electron chi connectivity index (χ1n) is 7.88. The molecule has 0 N–H and O–H groups in total. The predicted molar refractivity (Wildman–Crippen MR) is 88.8 cm³/mol. The van der Waals surface area contributed by atoms with Crippen LogP contribution in [0.25, 0.3) is 33.3 Å². The first kappa shape index (κ1) is 12.8. The Morgan fingerprint density at radius 2 is 1.96 bits per heavy atom. The van der Waals surface area contributed by atoms with Crippen molar-refractivity contribution in [3.8, 4) is 11.3 Å². The van der Waals surface area contributed by atoms with E-state index in [1.165, 1.54) is 12.3 Å². The molecule has 0 amide bonds. The van der Waals surface area contributed by atoms with Crippen LogP contribution in [0.2, 0.25) is 0 Å². The predicted octanol–water partition coefficient (Wildman–Crippen LogP) is 5.31. The number of hydrogen-bond donors (Lipinski definition) is 0. The van der Waals surface area contributed by atoms with Crippen LogP contribution in [0, 0.1) is 5.82 Å². The molecule has 4 rings (SSSR count). The van der Waals surface area contributed by atoms with Crippen molar-refractivity contribution in [1.29, 1.82) is 0 Å². The van der Waals surface area contributed by atoms with Crippen molar-refractivity contribution in [2.24, 2.45) is 0 Å². The van der Waals surface area contributed by atoms with E-state index in [0.717, 1.165) is 11.1 Å². The molecule has 0 spiro atoms. The molecule has 0 radical (unpaired) electrons. The second-order valence-corrected chi connectivity index (χ2v) is 5.69. The number of hydrogen-bond acceptors (Lipinski definition) is 3. The van der Waals surface area contributed by atoms with Crippen LogP contribution in [0.4, 0.5) is 4.39 Å². The highest BCUT2D eigenvalue weighted by atomic mass is 19.1. The Morgan fingerprint density at radius 1 is 1.13 bits per heavy atom. The van der Waals surface area contributed by atoms with Gasteiger partial charge in [-0.1, -0.05) is 26.0 Å². The number of furan rings is 1. The Hall–Kier alpha value is -2.75. The van der Waals surface area contributed by atoms with Crippen LogP contribution in [-0.2, 0) is 0 Å². The highest BCUT2D eigenvalue weighted by Gasteiger charge is 2.16. The number of benzene rings is 1. The Kier molecular flexibility index (Phi) is 2.86. The molecule has 4 aromatic rings. The van der Waals surface area contributed by atoms with Gasteiger partial charge in [-0.05, 0) is 35.7 Å². The smallest absolute Gasteiger partial charge is 0.230 e. The molecule has 0 unspecified atom stereocenters. The van der Waals surface area contributed by atoms with E-state index in [9.17, 15) is 4.39 Å². The minimum atomic E-state index is -0.729. The molecule has 23 heavy (non-hydrogen) atoms. The number of halogens is 1. The summed E-state index contributed by atoms with van der Waals surface area (Å²) in [6.45, 7) is 3.65. The van der Waals surface area contributed by atoms with Gasteiger partial charge in [0.15, 0.2) is 0 Å². The minimum absolute atomic E-state index is 0.273. The van der Waals surface area contributed by atoms with Gasteiger partial charge in [-0.2, -0.15) is 0 Å². The summed E-state index contributed by atoms with van der Waals surface area (Å²) in [6, 6.07) is 10.6. The van der Waals surface area contributed by atoms with Gasteiger partial charge in [0.25, 0.3) is 0 Å². The van der Waals surface area contributed by atoms with E-state index in [-0.39, 0.29) is 11.5 Å². The van der Waals surface area contributed by atoms with Gasteiger partial charge in [0, 0.05) is 24.7 Å². The lowest BCUT2D eigenvalue weighted by Gasteiger charge is -2.07. The van der Waals surface area contributed by atoms with Crippen molar-refractivity contribution in [2.75, 3.05) is 0 Å². The lowest BCUT2D eigenvalue weighted by molar-refractivity contribution is 0.626. The molecule has 1 aromatic carbocycles. The maximum atomic E-state index is 14.2. The van der Waals surface area contributed by atoms with Crippen LogP contribution in [0.5, 0.6) is 0 Å². The monoisotopic (exact) mass is 307 g/mol. The van der Waals surface area contributed by atoms with Gasteiger partial charge in [0.2, 0.25) is 5.71 Å². The van der Waals surface area contributed by atoms with Crippen molar-refractivity contribution in [3.63, 3.8) is 0 Å². The fraction of sp³-hybridized carbons (Fsp3) is 0.158. The van der Waals surface area contributed by atoms with Crippen LogP contribution in [-0.4, -0.2) is 9.97 Å². The summed E-state index contributed by atoms with van der Waals surface area (Å²) >= 11 is 0. The first-order chi connectivity index (χ1) is 11.4. The van der Waals surface area contributed by atoms with E-state index in [1.54, 1.807) is 6.20 Å². The summed E-state index contributed by atoms with van der Waals surface area (Å²) < 4.78 is 28.2. The summed E-state index contributed by atoms with van der Waals surface area (Å²) in [5.74, 6) is -1.09. The van der Waals surface area contributed by atoms with Gasteiger partial charge in [0.1, 0.15) is 11.4 Å². The normalized spacial score (nSPS) is 12.7. The van der Waals surface area contributed by atoms with Gasteiger partial charge < -0.3 is 4.42 Å². The molecule has 0 aliphatic rings. The van der Waals surface area contributed by atoms with Gasteiger partial charge in [-0.15, -0.1) is 0 Å². The Balaban J connectivity index is 2.02. The molecule has 0 aliphatic heterocycles. The summed E-state index contributed by atoms with van der Waals surface area (Å²) in [5.41, 5.74) is 3.13. The van der Waals surface area contributed by atoms with Crippen LogP contribution in [0.1, 0.15) is 26.7 Å². The number of pyridine rings is 2. The fourth-order valence-corrected chi connectivity index (χ4v) is 2.77. The maximum Gasteiger partial charge on any atom is 0.230 e. The summed E-state index contributed by atoms with van der Waals surface area (Å²) in [7, 11) is 0. The van der Waals surface area contributed by atoms with E-state index in [2.05, 4.69) is 9.97 Å². The Labute approximate surface area is 134 Å². The average Bonchev–Trinajstić information content (AvgIpc) is 2.94. The van der Waals surface area contributed by atoms with E-state index < -0.39 is 5.89 Å². The number of fused-ring (bicyclic) bond motifs is 3. The summed E-state index contributed by atoms with van der Waals surface area (Å²) in [4.78, 5) is 8.52. The summed E-state index contributed by atoms with van der Waals surface area (Å²) in [6.07, 6.45) is 3.07. The molecule has 114 valence electrons. The molecule has 0 atom stereocenters. The lowest BCUT2D eigenvalue weighted by Crippen LogP contribution is -1.90. The molecular weight excluding hydrogens is 291 g/mol. The zero-order valence-corrected chi connectivity index (χ0v) is 12.8. The van der Waals surface area contributed by atoms with Gasteiger partial charge in [-0.25, -0.2) is 9.37 Å². The third-order valence-corrected chi connectivity index (χ3v) is 3.96. The van der Waals surface area contributed by atoms with Crippen LogP contribution >= 0.6 is 0 Å². The van der Waals surface area contributed by atoms with E-state index in [4.69, 9.17) is 5.79 Å². The average molecular weight is 307 g/mol. The molecular formula is C19H15FN2O. The van der Waals surface area contributed by atoms with Gasteiger partial charge in [-0.3, -0.25) is 4.98 Å². The van der Waals surface area contributed by atoms with Crippen molar-refractivity contribution in [1.82, 2.24) is 9.97 Å². The Morgan fingerprint density at radius 3 is 2.78 bits per heavy atom. The van der Waals surface area contributed by atoms with E-state index >= 15 is 0 Å². The standard InChI is InChI=1S/C19H15FN2O/c1-11(2)12-6-8-21-16(10-12)13-4-3-5-14-17-15(20)7-9-22-19(17)23-18(13)14/h3-11H,1-2H3/i11D. The molecule has 0 saturated heterocycles. The molecule has 3 nitrogen and oxygen atoms in total. The molecule has 3 aromatic heterocycles. The molecule has 4 heteroatoms. The molecule has 0 fully saturated rings. The third kappa shape index (κ3) is 2.18. The van der Waals surface area contributed by atoms with E-state index in [1.807, 2.05) is 44.2 Å². The number of nitrogens with zero attached hydrogens (tertiary/aromatic N) is 2. The Bertz CT molecular complexity index is 1070. The quantitative estimate of drug-likeness (QED) is 0.504. The van der Waals surface area contributed by atoms with Crippen molar-refractivity contribution in [3.05, 3.63) is 60.2 Å². The fourth-order valence-electron chi connectivity index (χ4n) is 2.77. The molecule has 0 saturated carbocycles. The third-order valence-electron chi connectivity index (χ3n) is 3.96. The number of rotatable bonds is 2. The van der Waals surface area contributed by atoms with Crippen LogP contribution in [0.15, 0.2) is 53.2 Å². The first-order valence-corrected chi connectivity index (χ1v) is 7.38. The second-order valence-electron chi connectivity index (χ2n) is 5.69. The SMILES string of the molecule is [2H]C(C)(C)c1ccnc(-c2cccc3c2oc2nccc(F)c23)c1.